The van der Waals surface area contributed by atoms with Crippen LogP contribution in [0.1, 0.15) is 47.5 Å². The summed E-state index contributed by atoms with van der Waals surface area (Å²) in [5, 5.41) is 0. The largest absolute Gasteiger partial charge is 0.298 e. The van der Waals surface area contributed by atoms with Crippen molar-refractivity contribution in [1.82, 2.24) is 4.90 Å². The number of hydrogen-bond acceptors (Lipinski definition) is 1. The highest BCUT2D eigenvalue weighted by Crippen LogP contribution is 2.29. The molecule has 0 bridgehead atoms. The molecule has 0 spiro atoms. The highest BCUT2D eigenvalue weighted by atomic mass is 15.2. The van der Waals surface area contributed by atoms with Gasteiger partial charge in [-0.2, -0.15) is 0 Å². The van der Waals surface area contributed by atoms with Gasteiger partial charge in [-0.1, -0.05) is 20.3 Å². The van der Waals surface area contributed by atoms with Gasteiger partial charge in [0.05, 0.1) is 0 Å². The summed E-state index contributed by atoms with van der Waals surface area (Å²) in [6.45, 7) is 14.3. The van der Waals surface area contributed by atoms with E-state index < -0.39 is 0 Å². The standard InChI is InChI=1S/C12H25N/c1-6-11-9-13(12(3,4)5)8-7-10(11)2/h10-11H,6-9H2,1-5H3/t10-,11-/m1/s1. The molecule has 0 saturated carbocycles. The fourth-order valence-corrected chi connectivity index (χ4v) is 2.29. The van der Waals surface area contributed by atoms with Crippen LogP contribution >= 0.6 is 0 Å². The molecule has 0 radical (unpaired) electrons. The molecular formula is C12H25N. The molecule has 0 aromatic carbocycles. The lowest BCUT2D eigenvalue weighted by molar-refractivity contribution is 0.0505. The highest BCUT2D eigenvalue weighted by molar-refractivity contribution is 4.84. The third-order valence-electron chi connectivity index (χ3n) is 3.59. The zero-order valence-electron chi connectivity index (χ0n) is 9.93. The van der Waals surface area contributed by atoms with Crippen molar-refractivity contribution in [3.63, 3.8) is 0 Å². The molecule has 1 aliphatic rings. The molecule has 1 fully saturated rings. The van der Waals surface area contributed by atoms with Gasteiger partial charge in [-0.3, -0.25) is 4.90 Å². The molecule has 0 N–H and O–H groups in total. The first-order valence-corrected chi connectivity index (χ1v) is 5.70. The van der Waals surface area contributed by atoms with Crippen molar-refractivity contribution < 1.29 is 0 Å². The quantitative estimate of drug-likeness (QED) is 0.603. The molecule has 1 saturated heterocycles. The molecule has 0 unspecified atom stereocenters. The summed E-state index contributed by atoms with van der Waals surface area (Å²) in [5.41, 5.74) is 0.369. The number of likely N-dealkylation sites (tertiary alicyclic amines) is 1. The molecule has 2 atom stereocenters. The zero-order chi connectivity index (χ0) is 10.1. The van der Waals surface area contributed by atoms with Gasteiger partial charge < -0.3 is 0 Å². The Labute approximate surface area is 83.5 Å². The molecule has 1 nitrogen and oxygen atoms in total. The van der Waals surface area contributed by atoms with E-state index in [2.05, 4.69) is 39.5 Å². The van der Waals surface area contributed by atoms with E-state index >= 15 is 0 Å². The smallest absolute Gasteiger partial charge is 0.0125 e. The molecule has 0 aliphatic carbocycles. The fraction of sp³-hybridized carbons (Fsp3) is 1.00. The van der Waals surface area contributed by atoms with Crippen LogP contribution in [0.5, 0.6) is 0 Å². The van der Waals surface area contributed by atoms with Gasteiger partial charge in [0.25, 0.3) is 0 Å². The van der Waals surface area contributed by atoms with Crippen LogP contribution < -0.4 is 0 Å². The van der Waals surface area contributed by atoms with E-state index in [0.717, 1.165) is 11.8 Å². The normalized spacial score (nSPS) is 32.1. The van der Waals surface area contributed by atoms with Crippen LogP contribution in [0, 0.1) is 11.8 Å². The molecule has 1 aliphatic heterocycles. The van der Waals surface area contributed by atoms with E-state index in [-0.39, 0.29) is 0 Å². The van der Waals surface area contributed by atoms with Crippen molar-refractivity contribution in [3.05, 3.63) is 0 Å². The molecule has 0 amide bonds. The topological polar surface area (TPSA) is 3.24 Å². The number of hydrogen-bond donors (Lipinski definition) is 0. The SMILES string of the molecule is CC[C@@H]1CN(C(C)(C)C)CC[C@H]1C. The summed E-state index contributed by atoms with van der Waals surface area (Å²) < 4.78 is 0. The Balaban J connectivity index is 2.55. The summed E-state index contributed by atoms with van der Waals surface area (Å²) in [6, 6.07) is 0. The molecule has 13 heavy (non-hydrogen) atoms. The maximum Gasteiger partial charge on any atom is 0.0125 e. The molecule has 78 valence electrons. The second-order valence-electron chi connectivity index (χ2n) is 5.55. The third kappa shape index (κ3) is 2.70. The lowest BCUT2D eigenvalue weighted by Crippen LogP contribution is -2.49. The fourth-order valence-electron chi connectivity index (χ4n) is 2.29. The Morgan fingerprint density at radius 3 is 2.38 bits per heavy atom. The summed E-state index contributed by atoms with van der Waals surface area (Å²) in [5.74, 6) is 1.86. The van der Waals surface area contributed by atoms with Crippen LogP contribution in [0.15, 0.2) is 0 Å². The Morgan fingerprint density at radius 2 is 1.92 bits per heavy atom. The predicted molar refractivity (Wildman–Crippen MR) is 58.9 cm³/mol. The first kappa shape index (κ1) is 11.0. The van der Waals surface area contributed by atoms with Crippen molar-refractivity contribution in [2.75, 3.05) is 13.1 Å². The lowest BCUT2D eigenvalue weighted by Gasteiger charge is -2.44. The predicted octanol–water partition coefficient (Wildman–Crippen LogP) is 3.15. The first-order chi connectivity index (χ1) is 5.95. The highest BCUT2D eigenvalue weighted by Gasteiger charge is 2.30. The average molecular weight is 183 g/mol. The van der Waals surface area contributed by atoms with Gasteiger partial charge in [0, 0.05) is 12.1 Å². The van der Waals surface area contributed by atoms with Gasteiger partial charge in [-0.15, -0.1) is 0 Å². The average Bonchev–Trinajstić information content (AvgIpc) is 2.03. The minimum atomic E-state index is 0.369. The van der Waals surface area contributed by atoms with Gasteiger partial charge in [0.1, 0.15) is 0 Å². The monoisotopic (exact) mass is 183 g/mol. The van der Waals surface area contributed by atoms with E-state index in [0.29, 0.717) is 5.54 Å². The van der Waals surface area contributed by atoms with Crippen LogP contribution in [0.3, 0.4) is 0 Å². The number of piperidine rings is 1. The van der Waals surface area contributed by atoms with Crippen LogP contribution in [-0.4, -0.2) is 23.5 Å². The van der Waals surface area contributed by atoms with Crippen LogP contribution in [-0.2, 0) is 0 Å². The molecular weight excluding hydrogens is 158 g/mol. The number of rotatable bonds is 1. The minimum Gasteiger partial charge on any atom is -0.298 e. The Morgan fingerprint density at radius 1 is 1.31 bits per heavy atom. The van der Waals surface area contributed by atoms with Crippen molar-refractivity contribution in [2.45, 2.75) is 53.0 Å². The lowest BCUT2D eigenvalue weighted by atomic mass is 9.83. The van der Waals surface area contributed by atoms with E-state index in [4.69, 9.17) is 0 Å². The van der Waals surface area contributed by atoms with Gasteiger partial charge in [0.2, 0.25) is 0 Å². The van der Waals surface area contributed by atoms with Crippen molar-refractivity contribution >= 4 is 0 Å². The minimum absolute atomic E-state index is 0.369. The molecule has 1 heterocycles. The summed E-state index contributed by atoms with van der Waals surface area (Å²) >= 11 is 0. The van der Waals surface area contributed by atoms with Gasteiger partial charge >= 0.3 is 0 Å². The maximum atomic E-state index is 2.64. The molecule has 1 heteroatoms. The van der Waals surface area contributed by atoms with Crippen LogP contribution in [0.4, 0.5) is 0 Å². The van der Waals surface area contributed by atoms with E-state index in [9.17, 15) is 0 Å². The Kier molecular flexibility index (Phi) is 3.39. The van der Waals surface area contributed by atoms with Crippen LogP contribution in [0.2, 0.25) is 0 Å². The van der Waals surface area contributed by atoms with E-state index in [1.54, 1.807) is 0 Å². The van der Waals surface area contributed by atoms with Crippen molar-refractivity contribution in [3.8, 4) is 0 Å². The molecule has 0 aromatic rings. The van der Waals surface area contributed by atoms with Crippen molar-refractivity contribution in [2.24, 2.45) is 11.8 Å². The summed E-state index contributed by atoms with van der Waals surface area (Å²) in [7, 11) is 0. The van der Waals surface area contributed by atoms with Crippen molar-refractivity contribution in [1.29, 1.82) is 0 Å². The summed E-state index contributed by atoms with van der Waals surface area (Å²) in [6.07, 6.45) is 2.73. The third-order valence-corrected chi connectivity index (χ3v) is 3.59. The van der Waals surface area contributed by atoms with Gasteiger partial charge in [-0.25, -0.2) is 0 Å². The molecule has 0 aromatic heterocycles. The Hall–Kier alpha value is -0.0400. The Bertz CT molecular complexity index is 157. The van der Waals surface area contributed by atoms with E-state index in [1.807, 2.05) is 0 Å². The number of nitrogens with zero attached hydrogens (tertiary/aromatic N) is 1. The van der Waals surface area contributed by atoms with E-state index in [1.165, 1.54) is 25.9 Å². The second-order valence-corrected chi connectivity index (χ2v) is 5.55. The first-order valence-electron chi connectivity index (χ1n) is 5.70. The maximum absolute atomic E-state index is 2.64. The zero-order valence-corrected chi connectivity index (χ0v) is 9.93. The van der Waals surface area contributed by atoms with Gasteiger partial charge in [-0.05, 0) is 45.6 Å². The summed E-state index contributed by atoms with van der Waals surface area (Å²) in [4.78, 5) is 2.64. The molecule has 1 rings (SSSR count). The second kappa shape index (κ2) is 4.00. The van der Waals surface area contributed by atoms with Gasteiger partial charge in [0.15, 0.2) is 0 Å². The van der Waals surface area contributed by atoms with Crippen LogP contribution in [0.25, 0.3) is 0 Å².